The Morgan fingerprint density at radius 2 is 1.77 bits per heavy atom. The van der Waals surface area contributed by atoms with E-state index in [9.17, 15) is 13.2 Å². The number of benzene rings is 1. The summed E-state index contributed by atoms with van der Waals surface area (Å²) in [5, 5.41) is 0. The van der Waals surface area contributed by atoms with Crippen LogP contribution in [0, 0.1) is 17.5 Å². The Bertz CT molecular complexity index is 299. The minimum absolute atomic E-state index is 0.164. The van der Waals surface area contributed by atoms with Crippen LogP contribution in [0.2, 0.25) is 0 Å². The smallest absolute Gasteiger partial charge is 0.203 e. The van der Waals surface area contributed by atoms with Gasteiger partial charge in [-0.2, -0.15) is 4.39 Å². The van der Waals surface area contributed by atoms with Gasteiger partial charge in [0.15, 0.2) is 17.4 Å². The number of hydrogen-bond acceptors (Lipinski definition) is 1. The van der Waals surface area contributed by atoms with Crippen molar-refractivity contribution >= 4 is 0 Å². The van der Waals surface area contributed by atoms with E-state index in [1.807, 2.05) is 0 Å². The average Bonchev–Trinajstić information content (AvgIpc) is 2.12. The first kappa shape index (κ1) is 9.89. The SMILES string of the molecule is CCCOc1c(F)ccc(F)c1F. The molecule has 4 heteroatoms. The van der Waals surface area contributed by atoms with Crippen LogP contribution in [0.3, 0.4) is 0 Å². The fourth-order valence-electron chi connectivity index (χ4n) is 0.845. The Hall–Kier alpha value is -1.19. The van der Waals surface area contributed by atoms with Gasteiger partial charge in [-0.25, -0.2) is 8.78 Å². The summed E-state index contributed by atoms with van der Waals surface area (Å²) in [6.45, 7) is 1.95. The van der Waals surface area contributed by atoms with Gasteiger partial charge in [-0.1, -0.05) is 6.92 Å². The summed E-state index contributed by atoms with van der Waals surface area (Å²) in [5.74, 6) is -3.89. The molecule has 1 nitrogen and oxygen atoms in total. The molecule has 0 spiro atoms. The molecule has 0 aromatic heterocycles. The Morgan fingerprint density at radius 1 is 1.15 bits per heavy atom. The number of hydrogen-bond donors (Lipinski definition) is 0. The summed E-state index contributed by atoms with van der Waals surface area (Å²) in [4.78, 5) is 0. The van der Waals surface area contributed by atoms with Crippen LogP contribution < -0.4 is 4.74 Å². The van der Waals surface area contributed by atoms with Gasteiger partial charge in [-0.15, -0.1) is 0 Å². The monoisotopic (exact) mass is 190 g/mol. The van der Waals surface area contributed by atoms with Gasteiger partial charge in [0, 0.05) is 0 Å². The molecular weight excluding hydrogens is 181 g/mol. The highest BCUT2D eigenvalue weighted by atomic mass is 19.2. The maximum absolute atomic E-state index is 12.8. The van der Waals surface area contributed by atoms with Crippen LogP contribution in [0.25, 0.3) is 0 Å². The molecule has 0 amide bonds. The minimum atomic E-state index is -1.27. The summed E-state index contributed by atoms with van der Waals surface area (Å²) in [7, 11) is 0. The molecule has 0 fully saturated rings. The second-order valence-corrected chi connectivity index (χ2v) is 2.52. The number of ether oxygens (including phenoxy) is 1. The van der Waals surface area contributed by atoms with Crippen molar-refractivity contribution < 1.29 is 17.9 Å². The predicted molar refractivity (Wildman–Crippen MR) is 42.1 cm³/mol. The van der Waals surface area contributed by atoms with Crippen LogP contribution in [-0.4, -0.2) is 6.61 Å². The first-order valence-corrected chi connectivity index (χ1v) is 3.93. The molecule has 1 aromatic carbocycles. The molecular formula is C9H9F3O. The molecule has 72 valence electrons. The summed E-state index contributed by atoms with van der Waals surface area (Å²) in [6, 6.07) is 1.56. The lowest BCUT2D eigenvalue weighted by Crippen LogP contribution is -2.01. The first-order chi connectivity index (χ1) is 6.16. The van der Waals surface area contributed by atoms with Gasteiger partial charge in [-0.05, 0) is 18.6 Å². The number of halogens is 3. The molecule has 0 atom stereocenters. The zero-order chi connectivity index (χ0) is 9.84. The zero-order valence-corrected chi connectivity index (χ0v) is 7.11. The fraction of sp³-hybridized carbons (Fsp3) is 0.333. The molecule has 0 aliphatic carbocycles. The molecule has 1 aromatic rings. The topological polar surface area (TPSA) is 9.23 Å². The quantitative estimate of drug-likeness (QED) is 0.666. The van der Waals surface area contributed by atoms with E-state index in [4.69, 9.17) is 4.74 Å². The molecule has 0 bridgehead atoms. The van der Waals surface area contributed by atoms with Gasteiger partial charge in [0.2, 0.25) is 5.82 Å². The van der Waals surface area contributed by atoms with Crippen molar-refractivity contribution in [3.8, 4) is 5.75 Å². The van der Waals surface area contributed by atoms with Gasteiger partial charge in [0.1, 0.15) is 0 Å². The fourth-order valence-corrected chi connectivity index (χ4v) is 0.845. The third-order valence-corrected chi connectivity index (χ3v) is 1.45. The van der Waals surface area contributed by atoms with E-state index >= 15 is 0 Å². The van der Waals surface area contributed by atoms with Crippen LogP contribution in [-0.2, 0) is 0 Å². The van der Waals surface area contributed by atoms with E-state index in [-0.39, 0.29) is 6.61 Å². The highest BCUT2D eigenvalue weighted by Gasteiger charge is 2.14. The maximum atomic E-state index is 12.8. The van der Waals surface area contributed by atoms with Crippen molar-refractivity contribution in [3.05, 3.63) is 29.6 Å². The minimum Gasteiger partial charge on any atom is -0.488 e. The van der Waals surface area contributed by atoms with E-state index in [0.717, 1.165) is 12.1 Å². The Labute approximate surface area is 74.1 Å². The first-order valence-electron chi connectivity index (χ1n) is 3.93. The number of rotatable bonds is 3. The maximum Gasteiger partial charge on any atom is 0.203 e. The predicted octanol–water partition coefficient (Wildman–Crippen LogP) is 2.89. The van der Waals surface area contributed by atoms with Crippen LogP contribution in [0.4, 0.5) is 13.2 Å². The van der Waals surface area contributed by atoms with Crippen molar-refractivity contribution in [2.24, 2.45) is 0 Å². The van der Waals surface area contributed by atoms with Crippen LogP contribution in [0.5, 0.6) is 5.75 Å². The van der Waals surface area contributed by atoms with E-state index in [0.29, 0.717) is 6.42 Å². The Balaban J connectivity index is 2.96. The van der Waals surface area contributed by atoms with Crippen LogP contribution in [0.1, 0.15) is 13.3 Å². The van der Waals surface area contributed by atoms with Crippen molar-refractivity contribution in [1.82, 2.24) is 0 Å². The third kappa shape index (κ3) is 2.14. The van der Waals surface area contributed by atoms with E-state index in [1.165, 1.54) is 0 Å². The van der Waals surface area contributed by atoms with Crippen LogP contribution in [0.15, 0.2) is 12.1 Å². The standard InChI is InChI=1S/C9H9F3O/c1-2-5-13-9-7(11)4-3-6(10)8(9)12/h3-4H,2,5H2,1H3. The van der Waals surface area contributed by atoms with E-state index in [2.05, 4.69) is 0 Å². The van der Waals surface area contributed by atoms with Crippen molar-refractivity contribution in [3.63, 3.8) is 0 Å². The van der Waals surface area contributed by atoms with Gasteiger partial charge in [0.25, 0.3) is 0 Å². The van der Waals surface area contributed by atoms with E-state index < -0.39 is 23.2 Å². The molecule has 0 radical (unpaired) electrons. The Kier molecular flexibility index (Phi) is 3.17. The molecule has 0 saturated heterocycles. The van der Waals surface area contributed by atoms with E-state index in [1.54, 1.807) is 6.92 Å². The molecule has 0 saturated carbocycles. The normalized spacial score (nSPS) is 10.2. The average molecular weight is 190 g/mol. The van der Waals surface area contributed by atoms with Gasteiger partial charge < -0.3 is 4.74 Å². The summed E-state index contributed by atoms with van der Waals surface area (Å²) in [5.41, 5.74) is 0. The molecule has 0 aliphatic heterocycles. The lowest BCUT2D eigenvalue weighted by atomic mass is 10.3. The molecule has 13 heavy (non-hydrogen) atoms. The highest BCUT2D eigenvalue weighted by Crippen LogP contribution is 2.23. The van der Waals surface area contributed by atoms with Crippen LogP contribution >= 0.6 is 0 Å². The van der Waals surface area contributed by atoms with Gasteiger partial charge in [-0.3, -0.25) is 0 Å². The summed E-state index contributed by atoms with van der Waals surface area (Å²) in [6.07, 6.45) is 0.607. The van der Waals surface area contributed by atoms with Crippen molar-refractivity contribution in [1.29, 1.82) is 0 Å². The second-order valence-electron chi connectivity index (χ2n) is 2.52. The van der Waals surface area contributed by atoms with Crippen molar-refractivity contribution in [2.45, 2.75) is 13.3 Å². The molecule has 0 aliphatic rings. The molecule has 0 heterocycles. The second kappa shape index (κ2) is 4.16. The Morgan fingerprint density at radius 3 is 2.38 bits per heavy atom. The third-order valence-electron chi connectivity index (χ3n) is 1.45. The van der Waals surface area contributed by atoms with Gasteiger partial charge in [0.05, 0.1) is 6.61 Å². The molecule has 0 unspecified atom stereocenters. The lowest BCUT2D eigenvalue weighted by molar-refractivity contribution is 0.278. The van der Waals surface area contributed by atoms with Crippen molar-refractivity contribution in [2.75, 3.05) is 6.61 Å². The summed E-state index contributed by atoms with van der Waals surface area (Å²) >= 11 is 0. The molecule has 1 rings (SSSR count). The lowest BCUT2D eigenvalue weighted by Gasteiger charge is -2.06. The van der Waals surface area contributed by atoms with Gasteiger partial charge >= 0.3 is 0 Å². The molecule has 0 N–H and O–H groups in total. The largest absolute Gasteiger partial charge is 0.488 e. The summed E-state index contributed by atoms with van der Waals surface area (Å²) < 4.78 is 42.9. The zero-order valence-electron chi connectivity index (χ0n) is 7.11. The highest BCUT2D eigenvalue weighted by molar-refractivity contribution is 5.27.